The lowest BCUT2D eigenvalue weighted by molar-refractivity contribution is -0.134. The van der Waals surface area contributed by atoms with E-state index in [2.05, 4.69) is 0 Å². The number of hydrogen-bond donors (Lipinski definition) is 0. The van der Waals surface area contributed by atoms with Gasteiger partial charge < -0.3 is 28.7 Å². The van der Waals surface area contributed by atoms with E-state index in [-0.39, 0.29) is 17.2 Å². The Bertz CT molecular complexity index is 1170. The minimum Gasteiger partial charge on any atom is -0.496 e. The van der Waals surface area contributed by atoms with Crippen molar-refractivity contribution in [2.24, 2.45) is 5.41 Å². The summed E-state index contributed by atoms with van der Waals surface area (Å²) >= 11 is 0. The summed E-state index contributed by atoms with van der Waals surface area (Å²) in [5.41, 5.74) is 1.49. The van der Waals surface area contributed by atoms with E-state index in [0.29, 0.717) is 42.3 Å². The molecule has 4 rings (SSSR count). The van der Waals surface area contributed by atoms with Gasteiger partial charge in [-0.15, -0.1) is 0 Å². The van der Waals surface area contributed by atoms with Gasteiger partial charge in [0.25, 0.3) is 0 Å². The van der Waals surface area contributed by atoms with Crippen LogP contribution in [0.1, 0.15) is 44.6 Å². The molecule has 2 aliphatic heterocycles. The highest BCUT2D eigenvalue weighted by molar-refractivity contribution is 5.98. The van der Waals surface area contributed by atoms with E-state index in [4.69, 9.17) is 18.9 Å². The van der Waals surface area contributed by atoms with Crippen LogP contribution >= 0.6 is 0 Å². The van der Waals surface area contributed by atoms with E-state index in [0.717, 1.165) is 56.8 Å². The first-order valence-electron chi connectivity index (χ1n) is 13.6. The van der Waals surface area contributed by atoms with Gasteiger partial charge in [-0.1, -0.05) is 18.2 Å². The molecule has 0 aromatic heterocycles. The number of likely N-dealkylation sites (tertiary alicyclic amines) is 2. The fourth-order valence-corrected chi connectivity index (χ4v) is 5.55. The molecule has 2 aromatic rings. The van der Waals surface area contributed by atoms with Gasteiger partial charge in [0, 0.05) is 49.8 Å². The Kier molecular flexibility index (Phi) is 9.38. The topological polar surface area (TPSA) is 77.5 Å². The molecule has 1 spiro atoms. The number of nitrogens with zero attached hydrogens (tertiary/aromatic N) is 2. The van der Waals surface area contributed by atoms with Crippen molar-refractivity contribution in [3.63, 3.8) is 0 Å². The lowest BCUT2D eigenvalue weighted by atomic mass is 9.77. The van der Waals surface area contributed by atoms with Gasteiger partial charge in [-0.2, -0.15) is 0 Å². The van der Waals surface area contributed by atoms with Crippen LogP contribution in [0.25, 0.3) is 6.08 Å². The molecule has 0 radical (unpaired) electrons. The fraction of sp³-hybridized carbons (Fsp3) is 0.484. The van der Waals surface area contributed by atoms with Crippen LogP contribution in [0.15, 0.2) is 48.0 Å². The zero-order valence-electron chi connectivity index (χ0n) is 23.5. The van der Waals surface area contributed by atoms with Gasteiger partial charge in [0.15, 0.2) is 11.5 Å². The standard InChI is InChI=1S/C31H40N2O6/c1-23(19-24-20-27(37-3)28(38-4)21-26(24)36-2)30(35)33-17-14-31(22-33)12-15-32(16-13-31)29(34)11-8-18-39-25-9-6-5-7-10-25/h5-7,9-10,19-21H,8,11-18,22H2,1-4H3. The monoisotopic (exact) mass is 536 g/mol. The summed E-state index contributed by atoms with van der Waals surface area (Å²) in [6, 6.07) is 13.3. The zero-order chi connectivity index (χ0) is 27.8. The van der Waals surface area contributed by atoms with E-state index >= 15 is 0 Å². The normalized spacial score (nSPS) is 16.8. The summed E-state index contributed by atoms with van der Waals surface area (Å²) in [6.07, 6.45) is 5.86. The lowest BCUT2D eigenvalue weighted by Gasteiger charge is -2.39. The first-order chi connectivity index (χ1) is 18.9. The van der Waals surface area contributed by atoms with Crippen molar-refractivity contribution < 1.29 is 28.5 Å². The molecule has 0 N–H and O–H groups in total. The molecular formula is C31H40N2O6. The van der Waals surface area contributed by atoms with Gasteiger partial charge in [0.2, 0.25) is 11.8 Å². The van der Waals surface area contributed by atoms with Crippen LogP contribution in [-0.2, 0) is 9.59 Å². The molecule has 8 nitrogen and oxygen atoms in total. The van der Waals surface area contributed by atoms with Gasteiger partial charge in [0.1, 0.15) is 11.5 Å². The first-order valence-corrected chi connectivity index (χ1v) is 13.6. The second kappa shape index (κ2) is 12.9. The molecule has 0 aliphatic carbocycles. The van der Waals surface area contributed by atoms with Crippen LogP contribution in [0.4, 0.5) is 0 Å². The molecule has 2 saturated heterocycles. The Morgan fingerprint density at radius 1 is 0.872 bits per heavy atom. The molecule has 0 atom stereocenters. The number of ether oxygens (including phenoxy) is 4. The maximum absolute atomic E-state index is 13.4. The van der Waals surface area contributed by atoms with Crippen molar-refractivity contribution in [1.29, 1.82) is 0 Å². The summed E-state index contributed by atoms with van der Waals surface area (Å²) in [5, 5.41) is 0. The molecule has 2 heterocycles. The Morgan fingerprint density at radius 2 is 1.49 bits per heavy atom. The Hall–Kier alpha value is -3.68. The number of amides is 2. The SMILES string of the molecule is COc1cc(OC)c(OC)cc1C=C(C)C(=O)N1CCC2(CCN(C(=O)CCCOc3ccccc3)CC2)C1. The number of hydrogen-bond acceptors (Lipinski definition) is 6. The summed E-state index contributed by atoms with van der Waals surface area (Å²) < 4.78 is 22.0. The summed E-state index contributed by atoms with van der Waals surface area (Å²) in [7, 11) is 4.75. The second-order valence-electron chi connectivity index (χ2n) is 10.4. The molecule has 2 fully saturated rings. The van der Waals surface area contributed by atoms with E-state index in [9.17, 15) is 9.59 Å². The van der Waals surface area contributed by atoms with Gasteiger partial charge in [-0.25, -0.2) is 0 Å². The summed E-state index contributed by atoms with van der Waals surface area (Å²) in [4.78, 5) is 30.1. The predicted octanol–water partition coefficient (Wildman–Crippen LogP) is 4.82. The number of rotatable bonds is 10. The van der Waals surface area contributed by atoms with Gasteiger partial charge in [-0.3, -0.25) is 9.59 Å². The number of carbonyl (C=O) groups excluding carboxylic acids is 2. The van der Waals surface area contributed by atoms with Crippen molar-refractivity contribution in [1.82, 2.24) is 9.80 Å². The third-order valence-corrected chi connectivity index (χ3v) is 7.89. The number of benzene rings is 2. The molecular weight excluding hydrogens is 496 g/mol. The molecule has 2 amide bonds. The van der Waals surface area contributed by atoms with Gasteiger partial charge in [0.05, 0.1) is 27.9 Å². The average Bonchev–Trinajstić information content (AvgIpc) is 3.38. The van der Waals surface area contributed by atoms with Crippen molar-refractivity contribution >= 4 is 17.9 Å². The highest BCUT2D eigenvalue weighted by Crippen LogP contribution is 2.41. The van der Waals surface area contributed by atoms with Crippen LogP contribution in [0, 0.1) is 5.41 Å². The zero-order valence-corrected chi connectivity index (χ0v) is 23.5. The van der Waals surface area contributed by atoms with Crippen LogP contribution in [0.3, 0.4) is 0 Å². The maximum atomic E-state index is 13.4. The Balaban J connectivity index is 1.28. The van der Waals surface area contributed by atoms with Crippen LogP contribution < -0.4 is 18.9 Å². The third-order valence-electron chi connectivity index (χ3n) is 7.89. The molecule has 2 aliphatic rings. The minimum absolute atomic E-state index is 0.0284. The predicted molar refractivity (Wildman–Crippen MR) is 150 cm³/mol. The van der Waals surface area contributed by atoms with Crippen LogP contribution in [0.2, 0.25) is 0 Å². The van der Waals surface area contributed by atoms with E-state index < -0.39 is 0 Å². The minimum atomic E-state index is 0.0284. The quantitative estimate of drug-likeness (QED) is 0.320. The molecule has 0 bridgehead atoms. The van der Waals surface area contributed by atoms with Gasteiger partial charge in [-0.05, 0) is 62.3 Å². The summed E-state index contributed by atoms with van der Waals surface area (Å²) in [5.74, 6) is 2.81. The maximum Gasteiger partial charge on any atom is 0.249 e. The molecule has 210 valence electrons. The third kappa shape index (κ3) is 6.85. The first kappa shape index (κ1) is 28.3. The van der Waals surface area contributed by atoms with Crippen LogP contribution in [0.5, 0.6) is 23.0 Å². The number of piperidine rings is 1. The number of carbonyl (C=O) groups is 2. The molecule has 8 heteroatoms. The van der Waals surface area contributed by atoms with Crippen LogP contribution in [-0.4, -0.2) is 75.7 Å². The lowest BCUT2D eigenvalue weighted by Crippen LogP contribution is -2.44. The molecule has 0 saturated carbocycles. The number of methoxy groups -OCH3 is 3. The molecule has 2 aromatic carbocycles. The van der Waals surface area contributed by atoms with E-state index in [1.54, 1.807) is 27.4 Å². The van der Waals surface area contributed by atoms with Gasteiger partial charge >= 0.3 is 0 Å². The Morgan fingerprint density at radius 3 is 2.13 bits per heavy atom. The smallest absolute Gasteiger partial charge is 0.249 e. The van der Waals surface area contributed by atoms with Crippen molar-refractivity contribution in [2.45, 2.75) is 39.0 Å². The van der Waals surface area contributed by atoms with E-state index in [1.165, 1.54) is 0 Å². The highest BCUT2D eigenvalue weighted by atomic mass is 16.5. The fourth-order valence-electron chi connectivity index (χ4n) is 5.55. The molecule has 39 heavy (non-hydrogen) atoms. The second-order valence-corrected chi connectivity index (χ2v) is 10.4. The van der Waals surface area contributed by atoms with Crippen molar-refractivity contribution in [3.05, 3.63) is 53.6 Å². The van der Waals surface area contributed by atoms with Crippen molar-refractivity contribution in [3.8, 4) is 23.0 Å². The van der Waals surface area contributed by atoms with Crippen molar-refractivity contribution in [2.75, 3.05) is 54.1 Å². The summed E-state index contributed by atoms with van der Waals surface area (Å²) in [6.45, 7) is 5.33. The Labute approximate surface area is 231 Å². The molecule has 0 unspecified atom stereocenters. The highest BCUT2D eigenvalue weighted by Gasteiger charge is 2.42. The number of para-hydroxylation sites is 1. The van der Waals surface area contributed by atoms with E-state index in [1.807, 2.05) is 59.2 Å². The largest absolute Gasteiger partial charge is 0.496 e. The average molecular weight is 537 g/mol.